The number of benzene rings is 2. The molecule has 0 spiro atoms. The number of ether oxygens (including phenoxy) is 1. The molecule has 0 N–H and O–H groups in total. The van der Waals surface area contributed by atoms with Crippen LogP contribution in [0, 0.1) is 6.92 Å². The number of hydrogen-bond donors (Lipinski definition) is 0. The van der Waals surface area contributed by atoms with E-state index in [0.29, 0.717) is 0 Å². The lowest BCUT2D eigenvalue weighted by molar-refractivity contribution is 0.415. The van der Waals surface area contributed by atoms with E-state index in [1.165, 1.54) is 5.56 Å². The highest BCUT2D eigenvalue weighted by Crippen LogP contribution is 2.32. The van der Waals surface area contributed by atoms with Crippen molar-refractivity contribution in [2.24, 2.45) is 0 Å². The van der Waals surface area contributed by atoms with E-state index in [1.807, 2.05) is 36.4 Å². The van der Waals surface area contributed by atoms with Crippen LogP contribution in [0.15, 0.2) is 59.7 Å². The number of methoxy groups -OCH3 is 1. The Morgan fingerprint density at radius 2 is 1.80 bits per heavy atom. The Kier molecular flexibility index (Phi) is 3.07. The lowest BCUT2D eigenvalue weighted by atomic mass is 9.93. The predicted molar refractivity (Wildman–Crippen MR) is 82.1 cm³/mol. The Labute approximate surface area is 118 Å². The van der Waals surface area contributed by atoms with Gasteiger partial charge in [0, 0.05) is 5.39 Å². The van der Waals surface area contributed by atoms with Crippen LogP contribution in [0.1, 0.15) is 16.7 Å². The van der Waals surface area contributed by atoms with Gasteiger partial charge in [0.05, 0.1) is 13.4 Å². The summed E-state index contributed by atoms with van der Waals surface area (Å²) >= 11 is 0. The summed E-state index contributed by atoms with van der Waals surface area (Å²) in [7, 11) is 1.67. The average molecular weight is 264 g/mol. The molecule has 0 aliphatic carbocycles. The minimum absolute atomic E-state index is 0.847. The van der Waals surface area contributed by atoms with Crippen LogP contribution in [0.3, 0.4) is 0 Å². The summed E-state index contributed by atoms with van der Waals surface area (Å²) in [6.45, 7) is 6.35. The summed E-state index contributed by atoms with van der Waals surface area (Å²) in [5.41, 5.74) is 5.31. The SMILES string of the molecule is C=C(c1ccc(OC)cc1)c1c(C)ccc2occc12. The summed E-state index contributed by atoms with van der Waals surface area (Å²) in [5.74, 6) is 0.847. The second-order valence-corrected chi connectivity index (χ2v) is 4.80. The molecule has 1 heterocycles. The topological polar surface area (TPSA) is 22.4 Å². The van der Waals surface area contributed by atoms with Crippen LogP contribution in [-0.2, 0) is 0 Å². The highest BCUT2D eigenvalue weighted by Gasteiger charge is 2.11. The summed E-state index contributed by atoms with van der Waals surface area (Å²) in [5, 5.41) is 1.10. The van der Waals surface area contributed by atoms with Crippen LogP contribution in [0.2, 0.25) is 0 Å². The van der Waals surface area contributed by atoms with Gasteiger partial charge in [-0.15, -0.1) is 0 Å². The Bertz CT molecular complexity index is 764. The molecular formula is C18H16O2. The maximum Gasteiger partial charge on any atom is 0.134 e. The van der Waals surface area contributed by atoms with E-state index in [4.69, 9.17) is 9.15 Å². The first-order valence-electron chi connectivity index (χ1n) is 6.51. The lowest BCUT2D eigenvalue weighted by Gasteiger charge is -2.11. The van der Waals surface area contributed by atoms with E-state index in [2.05, 4.69) is 19.6 Å². The van der Waals surface area contributed by atoms with Crippen molar-refractivity contribution in [3.05, 3.63) is 72.0 Å². The van der Waals surface area contributed by atoms with Gasteiger partial charge in [0.1, 0.15) is 11.3 Å². The summed E-state index contributed by atoms with van der Waals surface area (Å²) in [6, 6.07) is 14.0. The van der Waals surface area contributed by atoms with Crippen LogP contribution >= 0.6 is 0 Å². The summed E-state index contributed by atoms with van der Waals surface area (Å²) in [6.07, 6.45) is 1.72. The van der Waals surface area contributed by atoms with E-state index in [-0.39, 0.29) is 0 Å². The quantitative estimate of drug-likeness (QED) is 0.677. The predicted octanol–water partition coefficient (Wildman–Crippen LogP) is 4.81. The molecule has 20 heavy (non-hydrogen) atoms. The van der Waals surface area contributed by atoms with Gasteiger partial charge in [0.15, 0.2) is 0 Å². The molecule has 3 rings (SSSR count). The number of furan rings is 1. The molecule has 0 bridgehead atoms. The Hall–Kier alpha value is -2.48. The van der Waals surface area contributed by atoms with Crippen LogP contribution in [0.25, 0.3) is 16.5 Å². The third-order valence-corrected chi connectivity index (χ3v) is 3.58. The molecule has 2 heteroatoms. The number of aryl methyl sites for hydroxylation is 1. The van der Waals surface area contributed by atoms with E-state index in [9.17, 15) is 0 Å². The zero-order valence-corrected chi connectivity index (χ0v) is 11.6. The molecule has 0 fully saturated rings. The molecule has 2 nitrogen and oxygen atoms in total. The van der Waals surface area contributed by atoms with Gasteiger partial charge >= 0.3 is 0 Å². The van der Waals surface area contributed by atoms with Gasteiger partial charge in [-0.1, -0.05) is 24.8 Å². The monoisotopic (exact) mass is 264 g/mol. The van der Waals surface area contributed by atoms with E-state index in [0.717, 1.165) is 33.4 Å². The molecule has 0 radical (unpaired) electrons. The highest BCUT2D eigenvalue weighted by molar-refractivity contribution is 5.96. The maximum atomic E-state index is 5.47. The molecule has 0 aliphatic heterocycles. The second-order valence-electron chi connectivity index (χ2n) is 4.80. The first-order chi connectivity index (χ1) is 9.70. The Morgan fingerprint density at radius 3 is 2.50 bits per heavy atom. The van der Waals surface area contributed by atoms with Gasteiger partial charge in [-0.05, 0) is 53.5 Å². The summed E-state index contributed by atoms with van der Waals surface area (Å²) in [4.78, 5) is 0. The number of fused-ring (bicyclic) bond motifs is 1. The molecule has 0 unspecified atom stereocenters. The van der Waals surface area contributed by atoms with Crippen molar-refractivity contribution in [2.45, 2.75) is 6.92 Å². The van der Waals surface area contributed by atoms with Crippen molar-refractivity contribution in [1.82, 2.24) is 0 Å². The largest absolute Gasteiger partial charge is 0.497 e. The fourth-order valence-corrected chi connectivity index (χ4v) is 2.49. The van der Waals surface area contributed by atoms with Crippen LogP contribution < -0.4 is 4.74 Å². The van der Waals surface area contributed by atoms with Gasteiger partial charge in [0.2, 0.25) is 0 Å². The first-order valence-corrected chi connectivity index (χ1v) is 6.51. The zero-order chi connectivity index (χ0) is 14.1. The molecule has 3 aromatic rings. The van der Waals surface area contributed by atoms with Crippen molar-refractivity contribution in [2.75, 3.05) is 7.11 Å². The molecule has 1 aromatic heterocycles. The van der Waals surface area contributed by atoms with Crippen LogP contribution in [-0.4, -0.2) is 7.11 Å². The minimum Gasteiger partial charge on any atom is -0.497 e. The van der Waals surface area contributed by atoms with Crippen molar-refractivity contribution < 1.29 is 9.15 Å². The third-order valence-electron chi connectivity index (χ3n) is 3.58. The lowest BCUT2D eigenvalue weighted by Crippen LogP contribution is -1.91. The van der Waals surface area contributed by atoms with Crippen LogP contribution in [0.4, 0.5) is 0 Å². The van der Waals surface area contributed by atoms with Gasteiger partial charge in [-0.25, -0.2) is 0 Å². The molecule has 2 aromatic carbocycles. The van der Waals surface area contributed by atoms with Gasteiger partial charge in [-0.3, -0.25) is 0 Å². The van der Waals surface area contributed by atoms with Gasteiger partial charge in [0.25, 0.3) is 0 Å². The smallest absolute Gasteiger partial charge is 0.134 e. The van der Waals surface area contributed by atoms with Gasteiger partial charge in [-0.2, -0.15) is 0 Å². The van der Waals surface area contributed by atoms with E-state index in [1.54, 1.807) is 13.4 Å². The van der Waals surface area contributed by atoms with Crippen molar-refractivity contribution in [3.8, 4) is 5.75 Å². The fourth-order valence-electron chi connectivity index (χ4n) is 2.49. The molecule has 0 atom stereocenters. The highest BCUT2D eigenvalue weighted by atomic mass is 16.5. The normalized spacial score (nSPS) is 10.7. The van der Waals surface area contributed by atoms with Crippen LogP contribution in [0.5, 0.6) is 5.75 Å². The zero-order valence-electron chi connectivity index (χ0n) is 11.6. The Morgan fingerprint density at radius 1 is 1.05 bits per heavy atom. The first kappa shape index (κ1) is 12.5. The molecule has 100 valence electrons. The molecule has 0 amide bonds. The van der Waals surface area contributed by atoms with Crippen molar-refractivity contribution in [3.63, 3.8) is 0 Å². The van der Waals surface area contributed by atoms with Crippen molar-refractivity contribution in [1.29, 1.82) is 0 Å². The molecule has 0 saturated carbocycles. The van der Waals surface area contributed by atoms with E-state index >= 15 is 0 Å². The standard InChI is InChI=1S/C18H16O2/c1-12-4-9-17-16(10-11-20-17)18(12)13(2)14-5-7-15(19-3)8-6-14/h4-11H,2H2,1,3H3. The summed E-state index contributed by atoms with van der Waals surface area (Å²) < 4.78 is 10.7. The fraction of sp³-hybridized carbons (Fsp3) is 0.111. The van der Waals surface area contributed by atoms with E-state index < -0.39 is 0 Å². The maximum absolute atomic E-state index is 5.47. The Balaban J connectivity index is 2.11. The molecular weight excluding hydrogens is 248 g/mol. The second kappa shape index (κ2) is 4.89. The van der Waals surface area contributed by atoms with Gasteiger partial charge < -0.3 is 9.15 Å². The van der Waals surface area contributed by atoms with Crippen molar-refractivity contribution >= 4 is 16.5 Å². The minimum atomic E-state index is 0.847. The molecule has 0 aliphatic rings. The number of hydrogen-bond acceptors (Lipinski definition) is 2. The third kappa shape index (κ3) is 1.99. The molecule has 0 saturated heterocycles. The average Bonchev–Trinajstić information content (AvgIpc) is 2.95. The number of rotatable bonds is 3.